The van der Waals surface area contributed by atoms with Crippen LogP contribution in [-0.2, 0) is 17.1 Å². The average molecular weight is 336 g/mol. The summed E-state index contributed by atoms with van der Waals surface area (Å²) in [6, 6.07) is 0. The summed E-state index contributed by atoms with van der Waals surface area (Å²) < 4.78 is 0. The van der Waals surface area contributed by atoms with Crippen LogP contribution >= 0.6 is 0 Å². The summed E-state index contributed by atoms with van der Waals surface area (Å²) in [5, 5.41) is 0. The summed E-state index contributed by atoms with van der Waals surface area (Å²) in [4.78, 5) is 0. The van der Waals surface area contributed by atoms with Gasteiger partial charge in [0.25, 0.3) is 0 Å². The van der Waals surface area contributed by atoms with Gasteiger partial charge in [-0.25, -0.2) is 0 Å². The van der Waals surface area contributed by atoms with Crippen LogP contribution in [0.1, 0.15) is 0 Å². The number of hydrogen-bond donors (Lipinski definition) is 0. The van der Waals surface area contributed by atoms with Crippen molar-refractivity contribution in [3.63, 3.8) is 0 Å². The van der Waals surface area contributed by atoms with Crippen LogP contribution in [0.3, 0.4) is 0 Å². The molecule has 0 N–H and O–H groups in total. The maximum atomic E-state index is 2.50. The van der Waals surface area contributed by atoms with Crippen molar-refractivity contribution in [3.05, 3.63) is 0 Å². The third-order valence-corrected chi connectivity index (χ3v) is 0. The Kier molecular flexibility index (Phi) is 72.7. The van der Waals surface area contributed by atoms with Crippen LogP contribution in [0.15, 0.2) is 0 Å². The molecule has 0 aromatic rings. The normalized spacial score (nSPS) is 1.00. The summed E-state index contributed by atoms with van der Waals surface area (Å²) in [5.41, 5.74) is 0. The second-order valence-corrected chi connectivity index (χ2v) is 0. The van der Waals surface area contributed by atoms with Gasteiger partial charge in [-0.1, -0.05) is 0 Å². The standard InChI is InChI=1S/Cu.In.Se2/c;;1-2. The van der Waals surface area contributed by atoms with Crippen molar-refractivity contribution in [1.82, 2.24) is 0 Å². The van der Waals surface area contributed by atoms with Crippen LogP contribution in [0, 0.1) is 0 Å². The minimum atomic E-state index is 0. The Morgan fingerprint density at radius 1 is 1.00 bits per heavy atom. The van der Waals surface area contributed by atoms with E-state index in [9.17, 15) is 0 Å². The molecular weight excluding hydrogens is 336 g/mol. The van der Waals surface area contributed by atoms with Crippen LogP contribution < -0.4 is 0 Å². The molecule has 4 heteroatoms. The second kappa shape index (κ2) is 18.1. The first kappa shape index (κ1) is 16.1. The van der Waals surface area contributed by atoms with Crippen molar-refractivity contribution < 1.29 is 17.1 Å². The summed E-state index contributed by atoms with van der Waals surface area (Å²) in [6.07, 6.45) is 0. The fourth-order valence-electron chi connectivity index (χ4n) is 0. The molecule has 0 nitrogen and oxygen atoms in total. The van der Waals surface area contributed by atoms with Gasteiger partial charge in [0.15, 0.2) is 0 Å². The summed E-state index contributed by atoms with van der Waals surface area (Å²) in [5.74, 6) is 0. The first-order chi connectivity index (χ1) is 1.00. The van der Waals surface area contributed by atoms with Gasteiger partial charge < -0.3 is 0 Å². The van der Waals surface area contributed by atoms with Gasteiger partial charge >= 0.3 is 27.3 Å². The van der Waals surface area contributed by atoms with E-state index >= 15 is 0 Å². The van der Waals surface area contributed by atoms with Gasteiger partial charge in [-0.2, -0.15) is 0 Å². The van der Waals surface area contributed by atoms with E-state index in [1.807, 2.05) is 0 Å². The van der Waals surface area contributed by atoms with Crippen molar-refractivity contribution in [2.45, 2.75) is 0 Å². The van der Waals surface area contributed by atoms with Gasteiger partial charge in [-0.3, -0.25) is 0 Å². The molecule has 0 spiro atoms. The van der Waals surface area contributed by atoms with E-state index in [-0.39, 0.29) is 42.9 Å². The van der Waals surface area contributed by atoms with E-state index in [0.717, 1.165) is 0 Å². The van der Waals surface area contributed by atoms with Crippen LogP contribution in [0.4, 0.5) is 0 Å². The van der Waals surface area contributed by atoms with Crippen LogP contribution in [-0.4, -0.2) is 53.1 Å². The molecule has 0 atom stereocenters. The van der Waals surface area contributed by atoms with E-state index < -0.39 is 0 Å². The zero-order chi connectivity index (χ0) is 2.00. The Balaban J connectivity index is -0.00000000500. The minimum absolute atomic E-state index is 0. The van der Waals surface area contributed by atoms with E-state index in [4.69, 9.17) is 0 Å². The zero-order valence-electron chi connectivity index (χ0n) is 1.70. The Morgan fingerprint density at radius 3 is 1.00 bits per heavy atom. The molecule has 26 valence electrons. The molecule has 0 aliphatic carbocycles. The topological polar surface area (TPSA) is 0 Å². The molecule has 0 aliphatic heterocycles. The average Bonchev–Trinajstić information content (AvgIpc) is 1.00. The molecular formula is CuInSe2. The molecule has 0 aromatic heterocycles. The Bertz CT molecular complexity index is 6.00. The monoisotopic (exact) mass is 338 g/mol. The molecule has 0 heterocycles. The Labute approximate surface area is 69.2 Å². The molecule has 4 radical (unpaired) electrons. The molecule has 0 aliphatic rings. The van der Waals surface area contributed by atoms with Crippen LogP contribution in [0.2, 0.25) is 0 Å². The maximum absolute atomic E-state index is 2.50. The van der Waals surface area contributed by atoms with E-state index in [1.165, 1.54) is 0 Å². The summed E-state index contributed by atoms with van der Waals surface area (Å²) in [6.45, 7) is 0. The van der Waals surface area contributed by atoms with Crippen molar-refractivity contribution >= 4 is 53.1 Å². The predicted octanol–water partition coefficient (Wildman–Crippen LogP) is -1.14. The van der Waals surface area contributed by atoms with Gasteiger partial charge in [-0.05, 0) is 0 Å². The van der Waals surface area contributed by atoms with Crippen molar-refractivity contribution in [3.8, 4) is 0 Å². The molecule has 0 saturated carbocycles. The first-order valence-corrected chi connectivity index (χ1v) is 4.50. The molecule has 0 rings (SSSR count). The third kappa shape index (κ3) is 8.83. The molecule has 0 amide bonds. The zero-order valence-corrected chi connectivity index (χ0v) is 9.36. The summed E-state index contributed by atoms with van der Waals surface area (Å²) in [7, 11) is 0. The van der Waals surface area contributed by atoms with Gasteiger partial charge in [0.05, 0.1) is 0 Å². The van der Waals surface area contributed by atoms with Gasteiger partial charge in [0.2, 0.25) is 0 Å². The van der Waals surface area contributed by atoms with Gasteiger partial charge in [0, 0.05) is 42.9 Å². The second-order valence-electron chi connectivity index (χ2n) is 0. The van der Waals surface area contributed by atoms with Crippen LogP contribution in [0.5, 0.6) is 0 Å². The number of rotatable bonds is 0. The van der Waals surface area contributed by atoms with Gasteiger partial charge in [-0.15, -0.1) is 0 Å². The predicted molar refractivity (Wildman–Crippen MR) is 17.3 cm³/mol. The van der Waals surface area contributed by atoms with Gasteiger partial charge in [0.1, 0.15) is 0 Å². The van der Waals surface area contributed by atoms with Crippen LogP contribution in [0.25, 0.3) is 0 Å². The number of hydrogen-bond acceptors (Lipinski definition) is 0. The third-order valence-electron chi connectivity index (χ3n) is 0. The molecule has 0 aromatic carbocycles. The summed E-state index contributed by atoms with van der Waals surface area (Å²) >= 11 is 5.00. The fourth-order valence-corrected chi connectivity index (χ4v) is 0. The quantitative estimate of drug-likeness (QED) is 0.491. The molecule has 0 bridgehead atoms. The Morgan fingerprint density at radius 2 is 1.00 bits per heavy atom. The molecule has 0 fully saturated rings. The van der Waals surface area contributed by atoms with E-state index in [1.54, 1.807) is 0 Å². The van der Waals surface area contributed by atoms with Crippen molar-refractivity contribution in [2.75, 3.05) is 0 Å². The first-order valence-electron chi connectivity index (χ1n) is 0.167. The van der Waals surface area contributed by atoms with E-state index in [2.05, 4.69) is 27.3 Å². The molecule has 0 saturated heterocycles. The Hall–Kier alpha value is 2.43. The van der Waals surface area contributed by atoms with Crippen molar-refractivity contribution in [2.24, 2.45) is 0 Å². The fraction of sp³-hybridized carbons (Fsp3) is 0. The van der Waals surface area contributed by atoms with Crippen molar-refractivity contribution in [1.29, 1.82) is 0 Å². The molecule has 4 heavy (non-hydrogen) atoms. The molecule has 0 unspecified atom stereocenters. The SMILES string of the molecule is [Cu].[In].[Se]=[Se]. The van der Waals surface area contributed by atoms with E-state index in [0.29, 0.717) is 0 Å².